The summed E-state index contributed by atoms with van der Waals surface area (Å²) in [6.07, 6.45) is 4.71. The highest BCUT2D eigenvalue weighted by Crippen LogP contribution is 2.20. The third-order valence-corrected chi connectivity index (χ3v) is 3.83. The van der Waals surface area contributed by atoms with E-state index < -0.39 is 0 Å². The number of halogens is 2. The smallest absolute Gasteiger partial charge is 0.220 e. The molecule has 1 amide bonds. The SMILES string of the molecule is Cl.Cl.O=C(CCCc1ncc(-c2ccccc2)o1)NC1CCNC1. The van der Waals surface area contributed by atoms with Crippen LogP contribution < -0.4 is 10.6 Å². The number of oxazole rings is 1. The number of aromatic nitrogens is 1. The summed E-state index contributed by atoms with van der Waals surface area (Å²) in [5, 5.41) is 6.28. The van der Waals surface area contributed by atoms with Crippen LogP contribution in [0.1, 0.15) is 25.2 Å². The number of benzene rings is 1. The van der Waals surface area contributed by atoms with Gasteiger partial charge in [-0.3, -0.25) is 4.79 Å². The van der Waals surface area contributed by atoms with Gasteiger partial charge in [-0.2, -0.15) is 0 Å². The Morgan fingerprint density at radius 2 is 2.08 bits per heavy atom. The van der Waals surface area contributed by atoms with Crippen molar-refractivity contribution in [2.24, 2.45) is 0 Å². The largest absolute Gasteiger partial charge is 0.441 e. The Morgan fingerprint density at radius 3 is 2.79 bits per heavy atom. The van der Waals surface area contributed by atoms with Gasteiger partial charge in [-0.05, 0) is 19.4 Å². The monoisotopic (exact) mass is 371 g/mol. The lowest BCUT2D eigenvalue weighted by molar-refractivity contribution is -0.121. The summed E-state index contributed by atoms with van der Waals surface area (Å²) in [5.41, 5.74) is 1.02. The summed E-state index contributed by atoms with van der Waals surface area (Å²) in [6, 6.07) is 10.2. The standard InChI is InChI=1S/C17H21N3O2.2ClH/c21-16(20-14-9-10-18-11-14)7-4-8-17-19-12-15(22-17)13-5-2-1-3-6-13;;/h1-3,5-6,12,14,18H,4,7-11H2,(H,20,21);2*1H. The first-order chi connectivity index (χ1) is 10.8. The molecular formula is C17H23Cl2N3O2. The fourth-order valence-electron chi connectivity index (χ4n) is 2.64. The zero-order chi connectivity index (χ0) is 15.2. The molecule has 5 nitrogen and oxygen atoms in total. The van der Waals surface area contributed by atoms with Gasteiger partial charge in [0, 0.05) is 31.0 Å². The quantitative estimate of drug-likeness (QED) is 0.818. The van der Waals surface area contributed by atoms with Gasteiger partial charge in [0.05, 0.1) is 6.20 Å². The van der Waals surface area contributed by atoms with Crippen LogP contribution in [0.25, 0.3) is 11.3 Å². The van der Waals surface area contributed by atoms with E-state index in [1.165, 1.54) is 0 Å². The molecule has 1 unspecified atom stereocenters. The molecule has 1 aromatic heterocycles. The maximum Gasteiger partial charge on any atom is 0.220 e. The summed E-state index contributed by atoms with van der Waals surface area (Å²) in [5.74, 6) is 1.58. The Labute approximate surface area is 154 Å². The Morgan fingerprint density at radius 1 is 1.29 bits per heavy atom. The van der Waals surface area contributed by atoms with Gasteiger partial charge >= 0.3 is 0 Å². The van der Waals surface area contributed by atoms with Crippen LogP contribution >= 0.6 is 24.8 Å². The first-order valence-corrected chi connectivity index (χ1v) is 7.81. The lowest BCUT2D eigenvalue weighted by Crippen LogP contribution is -2.36. The van der Waals surface area contributed by atoms with Gasteiger partial charge in [0.25, 0.3) is 0 Å². The van der Waals surface area contributed by atoms with Gasteiger partial charge in [0.2, 0.25) is 5.91 Å². The molecule has 1 atom stereocenters. The van der Waals surface area contributed by atoms with Crippen LogP contribution in [0, 0.1) is 0 Å². The maximum absolute atomic E-state index is 11.8. The molecular weight excluding hydrogens is 349 g/mol. The van der Waals surface area contributed by atoms with Crippen LogP contribution in [0.5, 0.6) is 0 Å². The number of rotatable bonds is 6. The third-order valence-electron chi connectivity index (χ3n) is 3.83. The van der Waals surface area contributed by atoms with Gasteiger partial charge in [0.1, 0.15) is 0 Å². The lowest BCUT2D eigenvalue weighted by Gasteiger charge is -2.10. The van der Waals surface area contributed by atoms with Gasteiger partial charge in [-0.15, -0.1) is 24.8 Å². The number of aryl methyl sites for hydroxylation is 1. The van der Waals surface area contributed by atoms with Crippen LogP contribution in [0.4, 0.5) is 0 Å². The van der Waals surface area contributed by atoms with Crippen molar-refractivity contribution in [2.75, 3.05) is 13.1 Å². The molecule has 0 aliphatic carbocycles. The van der Waals surface area contributed by atoms with Crippen molar-refractivity contribution in [3.63, 3.8) is 0 Å². The lowest BCUT2D eigenvalue weighted by atomic mass is 10.2. The molecule has 2 N–H and O–H groups in total. The summed E-state index contributed by atoms with van der Waals surface area (Å²) in [6.45, 7) is 1.87. The van der Waals surface area contributed by atoms with Gasteiger partial charge < -0.3 is 15.1 Å². The highest BCUT2D eigenvalue weighted by atomic mass is 35.5. The fourth-order valence-corrected chi connectivity index (χ4v) is 2.64. The number of hydrogen-bond donors (Lipinski definition) is 2. The first-order valence-electron chi connectivity index (χ1n) is 7.81. The molecule has 7 heteroatoms. The number of nitrogens with zero attached hydrogens (tertiary/aromatic N) is 1. The minimum absolute atomic E-state index is 0. The van der Waals surface area contributed by atoms with E-state index >= 15 is 0 Å². The molecule has 0 saturated carbocycles. The normalized spacial score (nSPS) is 16.1. The minimum Gasteiger partial charge on any atom is -0.441 e. The number of carbonyl (C=O) groups is 1. The molecule has 0 bridgehead atoms. The molecule has 24 heavy (non-hydrogen) atoms. The van der Waals surface area contributed by atoms with E-state index in [0.29, 0.717) is 24.8 Å². The fraction of sp³-hybridized carbons (Fsp3) is 0.412. The summed E-state index contributed by atoms with van der Waals surface area (Å²) in [4.78, 5) is 16.1. The Balaban J connectivity index is 0.00000144. The van der Waals surface area contributed by atoms with E-state index in [9.17, 15) is 4.79 Å². The molecule has 1 fully saturated rings. The average Bonchev–Trinajstić information content (AvgIpc) is 3.20. The number of nitrogens with one attached hydrogen (secondary N) is 2. The number of carbonyl (C=O) groups excluding carboxylic acids is 1. The predicted octanol–water partition coefficient (Wildman–Crippen LogP) is 2.99. The zero-order valence-corrected chi connectivity index (χ0v) is 15.0. The second-order valence-corrected chi connectivity index (χ2v) is 5.60. The molecule has 132 valence electrons. The molecule has 1 saturated heterocycles. The van der Waals surface area contributed by atoms with Crippen molar-refractivity contribution < 1.29 is 9.21 Å². The maximum atomic E-state index is 11.8. The Bertz CT molecular complexity index is 613. The van der Waals surface area contributed by atoms with E-state index in [1.807, 2.05) is 30.3 Å². The van der Waals surface area contributed by atoms with Crippen molar-refractivity contribution in [2.45, 2.75) is 31.7 Å². The van der Waals surface area contributed by atoms with Crippen molar-refractivity contribution in [3.05, 3.63) is 42.4 Å². The highest BCUT2D eigenvalue weighted by Gasteiger charge is 2.16. The van der Waals surface area contributed by atoms with E-state index in [1.54, 1.807) is 6.20 Å². The van der Waals surface area contributed by atoms with Gasteiger partial charge in [-0.1, -0.05) is 30.3 Å². The van der Waals surface area contributed by atoms with E-state index in [-0.39, 0.29) is 30.7 Å². The van der Waals surface area contributed by atoms with E-state index in [0.717, 1.165) is 37.3 Å². The van der Waals surface area contributed by atoms with Crippen LogP contribution in [-0.4, -0.2) is 30.0 Å². The second kappa shape index (κ2) is 10.3. The van der Waals surface area contributed by atoms with Gasteiger partial charge in [-0.25, -0.2) is 4.98 Å². The van der Waals surface area contributed by atoms with Crippen LogP contribution in [0.2, 0.25) is 0 Å². The minimum atomic E-state index is 0. The van der Waals surface area contributed by atoms with E-state index in [4.69, 9.17) is 4.42 Å². The van der Waals surface area contributed by atoms with Crippen LogP contribution in [0.3, 0.4) is 0 Å². The average molecular weight is 372 g/mol. The van der Waals surface area contributed by atoms with E-state index in [2.05, 4.69) is 15.6 Å². The topological polar surface area (TPSA) is 67.2 Å². The Kier molecular flexibility index (Phi) is 8.82. The van der Waals surface area contributed by atoms with Crippen LogP contribution in [0.15, 0.2) is 40.9 Å². The molecule has 2 heterocycles. The summed E-state index contributed by atoms with van der Waals surface area (Å²) < 4.78 is 5.73. The molecule has 3 rings (SSSR count). The van der Waals surface area contributed by atoms with Crippen LogP contribution in [-0.2, 0) is 11.2 Å². The molecule has 0 radical (unpaired) electrons. The van der Waals surface area contributed by atoms with Crippen molar-refractivity contribution in [1.82, 2.24) is 15.6 Å². The van der Waals surface area contributed by atoms with Crippen molar-refractivity contribution in [3.8, 4) is 11.3 Å². The molecule has 1 aliphatic rings. The third kappa shape index (κ3) is 5.82. The van der Waals surface area contributed by atoms with Gasteiger partial charge in [0.15, 0.2) is 11.7 Å². The number of hydrogen-bond acceptors (Lipinski definition) is 4. The zero-order valence-electron chi connectivity index (χ0n) is 13.4. The highest BCUT2D eigenvalue weighted by molar-refractivity contribution is 5.85. The second-order valence-electron chi connectivity index (χ2n) is 5.60. The molecule has 1 aromatic carbocycles. The summed E-state index contributed by atoms with van der Waals surface area (Å²) >= 11 is 0. The first kappa shape index (κ1) is 20.5. The predicted molar refractivity (Wildman–Crippen MR) is 98.8 cm³/mol. The molecule has 2 aromatic rings. The van der Waals surface area contributed by atoms with Crippen molar-refractivity contribution >= 4 is 30.7 Å². The van der Waals surface area contributed by atoms with Crippen molar-refractivity contribution in [1.29, 1.82) is 0 Å². The Hall–Kier alpha value is -1.56. The molecule has 1 aliphatic heterocycles. The molecule has 0 spiro atoms. The summed E-state index contributed by atoms with van der Waals surface area (Å²) in [7, 11) is 0. The number of amides is 1.